The summed E-state index contributed by atoms with van der Waals surface area (Å²) in [7, 11) is 0. The fourth-order valence-electron chi connectivity index (χ4n) is 1.44. The standard InChI is InChI=1S/C13H19FN2O2.ClH/c1-2-11(13(17)16-9-5-8-15)18-12-7-4-3-6-10(12)14;/h3-4,6-7,11H,2,5,8-9,15H2,1H3,(H,16,17);1H. The number of nitrogens with two attached hydrogens (primary N) is 1. The summed E-state index contributed by atoms with van der Waals surface area (Å²) in [6.45, 7) is 2.84. The molecule has 4 nitrogen and oxygen atoms in total. The van der Waals surface area contributed by atoms with Crippen molar-refractivity contribution in [1.29, 1.82) is 0 Å². The van der Waals surface area contributed by atoms with Crippen molar-refractivity contribution >= 4 is 18.3 Å². The van der Waals surface area contributed by atoms with Crippen LogP contribution in [0.3, 0.4) is 0 Å². The van der Waals surface area contributed by atoms with Crippen LogP contribution in [0.25, 0.3) is 0 Å². The highest BCUT2D eigenvalue weighted by atomic mass is 35.5. The van der Waals surface area contributed by atoms with Gasteiger partial charge in [-0.3, -0.25) is 4.79 Å². The SMILES string of the molecule is CCC(Oc1ccccc1F)C(=O)NCCCN.Cl. The van der Waals surface area contributed by atoms with E-state index in [-0.39, 0.29) is 24.1 Å². The molecule has 0 aliphatic heterocycles. The Morgan fingerprint density at radius 3 is 2.74 bits per heavy atom. The fourth-order valence-corrected chi connectivity index (χ4v) is 1.44. The summed E-state index contributed by atoms with van der Waals surface area (Å²) in [5.41, 5.74) is 5.33. The van der Waals surface area contributed by atoms with Gasteiger partial charge in [0.2, 0.25) is 0 Å². The Labute approximate surface area is 118 Å². The molecule has 3 N–H and O–H groups in total. The van der Waals surface area contributed by atoms with E-state index in [1.54, 1.807) is 12.1 Å². The van der Waals surface area contributed by atoms with Crippen molar-refractivity contribution < 1.29 is 13.9 Å². The van der Waals surface area contributed by atoms with Gasteiger partial charge in [-0.25, -0.2) is 4.39 Å². The van der Waals surface area contributed by atoms with Crippen LogP contribution in [0.1, 0.15) is 19.8 Å². The third-order valence-electron chi connectivity index (χ3n) is 2.45. The maximum absolute atomic E-state index is 13.4. The van der Waals surface area contributed by atoms with Crippen molar-refractivity contribution in [3.63, 3.8) is 0 Å². The molecule has 0 heterocycles. The number of carbonyl (C=O) groups excluding carboxylic acids is 1. The molecular weight excluding hydrogens is 271 g/mol. The lowest BCUT2D eigenvalue weighted by Crippen LogP contribution is -2.39. The molecule has 108 valence electrons. The molecule has 0 spiro atoms. The van der Waals surface area contributed by atoms with Crippen LogP contribution in [0.5, 0.6) is 5.75 Å². The average molecular weight is 291 g/mol. The zero-order chi connectivity index (χ0) is 13.4. The molecule has 0 aliphatic carbocycles. The molecule has 1 rings (SSSR count). The van der Waals surface area contributed by atoms with E-state index in [1.165, 1.54) is 12.1 Å². The number of amides is 1. The fraction of sp³-hybridized carbons (Fsp3) is 0.462. The van der Waals surface area contributed by atoms with E-state index in [1.807, 2.05) is 6.92 Å². The van der Waals surface area contributed by atoms with Gasteiger partial charge in [0, 0.05) is 6.54 Å². The highest BCUT2D eigenvalue weighted by Crippen LogP contribution is 2.18. The second-order valence-corrected chi connectivity index (χ2v) is 3.88. The normalized spacial score (nSPS) is 11.3. The lowest BCUT2D eigenvalue weighted by Gasteiger charge is -2.17. The van der Waals surface area contributed by atoms with Gasteiger partial charge in [-0.15, -0.1) is 12.4 Å². The number of para-hydroxylation sites is 1. The van der Waals surface area contributed by atoms with Crippen molar-refractivity contribution in [1.82, 2.24) is 5.32 Å². The number of benzene rings is 1. The third-order valence-corrected chi connectivity index (χ3v) is 2.45. The van der Waals surface area contributed by atoms with Gasteiger partial charge in [-0.05, 0) is 31.5 Å². The minimum Gasteiger partial charge on any atom is -0.478 e. The van der Waals surface area contributed by atoms with E-state index in [4.69, 9.17) is 10.5 Å². The highest BCUT2D eigenvalue weighted by molar-refractivity contribution is 5.85. The number of hydrogen-bond acceptors (Lipinski definition) is 3. The third kappa shape index (κ3) is 5.89. The van der Waals surface area contributed by atoms with Gasteiger partial charge in [0.25, 0.3) is 5.91 Å². The smallest absolute Gasteiger partial charge is 0.261 e. The minimum absolute atomic E-state index is 0. The molecule has 1 aromatic carbocycles. The second-order valence-electron chi connectivity index (χ2n) is 3.88. The van der Waals surface area contributed by atoms with Gasteiger partial charge in [0.05, 0.1) is 0 Å². The van der Waals surface area contributed by atoms with E-state index >= 15 is 0 Å². The topological polar surface area (TPSA) is 64.3 Å². The Kier molecular flexibility index (Phi) is 8.91. The Morgan fingerprint density at radius 1 is 1.47 bits per heavy atom. The molecule has 1 aromatic rings. The summed E-state index contributed by atoms with van der Waals surface area (Å²) < 4.78 is 18.8. The molecule has 0 saturated heterocycles. The summed E-state index contributed by atoms with van der Waals surface area (Å²) in [5.74, 6) is -0.613. The maximum atomic E-state index is 13.4. The molecule has 0 aromatic heterocycles. The van der Waals surface area contributed by atoms with Crippen LogP contribution in [0.4, 0.5) is 4.39 Å². The molecular formula is C13H20ClFN2O2. The predicted molar refractivity (Wildman–Crippen MR) is 75.0 cm³/mol. The predicted octanol–water partition coefficient (Wildman–Crippen LogP) is 1.87. The van der Waals surface area contributed by atoms with Crippen molar-refractivity contribution in [3.8, 4) is 5.75 Å². The molecule has 1 unspecified atom stereocenters. The first kappa shape index (κ1) is 17.7. The average Bonchev–Trinajstić information content (AvgIpc) is 2.38. The zero-order valence-corrected chi connectivity index (χ0v) is 11.7. The first-order valence-electron chi connectivity index (χ1n) is 6.08. The van der Waals surface area contributed by atoms with E-state index in [0.717, 1.165) is 0 Å². The Bertz CT molecular complexity index is 391. The number of rotatable bonds is 7. The number of carbonyl (C=O) groups is 1. The quantitative estimate of drug-likeness (QED) is 0.754. The molecule has 6 heteroatoms. The molecule has 0 saturated carbocycles. The molecule has 0 aliphatic rings. The number of ether oxygens (including phenoxy) is 1. The Hall–Kier alpha value is -1.33. The molecule has 0 fully saturated rings. The van der Waals surface area contributed by atoms with Crippen molar-refractivity contribution in [2.24, 2.45) is 5.73 Å². The van der Waals surface area contributed by atoms with Crippen LogP contribution in [0.2, 0.25) is 0 Å². The van der Waals surface area contributed by atoms with Crippen LogP contribution in [-0.2, 0) is 4.79 Å². The van der Waals surface area contributed by atoms with E-state index in [2.05, 4.69) is 5.32 Å². The first-order chi connectivity index (χ1) is 8.69. The van der Waals surface area contributed by atoms with E-state index in [9.17, 15) is 9.18 Å². The van der Waals surface area contributed by atoms with Crippen LogP contribution < -0.4 is 15.8 Å². The second kappa shape index (κ2) is 9.58. The van der Waals surface area contributed by atoms with Crippen molar-refractivity contribution in [2.75, 3.05) is 13.1 Å². The van der Waals surface area contributed by atoms with Crippen LogP contribution in [-0.4, -0.2) is 25.1 Å². The van der Waals surface area contributed by atoms with Crippen LogP contribution >= 0.6 is 12.4 Å². The van der Waals surface area contributed by atoms with Crippen molar-refractivity contribution in [3.05, 3.63) is 30.1 Å². The van der Waals surface area contributed by atoms with Gasteiger partial charge < -0.3 is 15.8 Å². The Balaban J connectivity index is 0.00000324. The lowest BCUT2D eigenvalue weighted by molar-refractivity contribution is -0.128. The minimum atomic E-state index is -0.681. The lowest BCUT2D eigenvalue weighted by atomic mass is 10.2. The van der Waals surface area contributed by atoms with Gasteiger partial charge >= 0.3 is 0 Å². The van der Waals surface area contributed by atoms with Crippen LogP contribution in [0, 0.1) is 5.82 Å². The molecule has 0 radical (unpaired) electrons. The largest absolute Gasteiger partial charge is 0.478 e. The highest BCUT2D eigenvalue weighted by Gasteiger charge is 2.18. The van der Waals surface area contributed by atoms with Gasteiger partial charge in [-0.2, -0.15) is 0 Å². The summed E-state index contributed by atoms with van der Waals surface area (Å²) in [4.78, 5) is 11.8. The summed E-state index contributed by atoms with van der Waals surface area (Å²) in [6, 6.07) is 6.04. The molecule has 1 amide bonds. The van der Waals surface area contributed by atoms with Gasteiger partial charge in [0.1, 0.15) is 0 Å². The zero-order valence-electron chi connectivity index (χ0n) is 10.9. The van der Waals surface area contributed by atoms with Gasteiger partial charge in [-0.1, -0.05) is 19.1 Å². The number of nitrogens with one attached hydrogen (secondary N) is 1. The van der Waals surface area contributed by atoms with Crippen molar-refractivity contribution in [2.45, 2.75) is 25.9 Å². The maximum Gasteiger partial charge on any atom is 0.261 e. The van der Waals surface area contributed by atoms with E-state index in [0.29, 0.717) is 25.9 Å². The molecule has 19 heavy (non-hydrogen) atoms. The van der Waals surface area contributed by atoms with Crippen LogP contribution in [0.15, 0.2) is 24.3 Å². The summed E-state index contributed by atoms with van der Waals surface area (Å²) in [5, 5.41) is 2.71. The molecule has 1 atom stereocenters. The summed E-state index contributed by atoms with van der Waals surface area (Å²) in [6.07, 6.45) is 0.504. The van der Waals surface area contributed by atoms with E-state index < -0.39 is 11.9 Å². The monoisotopic (exact) mass is 290 g/mol. The number of halogens is 2. The summed E-state index contributed by atoms with van der Waals surface area (Å²) >= 11 is 0. The first-order valence-corrected chi connectivity index (χ1v) is 6.08. The Morgan fingerprint density at radius 2 is 2.16 bits per heavy atom. The van der Waals surface area contributed by atoms with Gasteiger partial charge in [0.15, 0.2) is 17.7 Å². The molecule has 0 bridgehead atoms. The number of hydrogen-bond donors (Lipinski definition) is 2.